The summed E-state index contributed by atoms with van der Waals surface area (Å²) in [6.45, 7) is 5.83. The minimum Gasteiger partial charge on any atom is -0.319 e. The maximum Gasteiger partial charge on any atom is 0.354 e. The van der Waals surface area contributed by atoms with Gasteiger partial charge in [-0.2, -0.15) is 8.78 Å². The normalized spacial score (nSPS) is 13.7. The van der Waals surface area contributed by atoms with Crippen molar-refractivity contribution in [3.05, 3.63) is 0 Å². The molecule has 0 unspecified atom stereocenters. The van der Waals surface area contributed by atoms with Gasteiger partial charge in [-0.15, -0.1) is 0 Å². The Kier molecular flexibility index (Phi) is 4.84. The van der Waals surface area contributed by atoms with Crippen LogP contribution in [-0.4, -0.2) is 43.0 Å². The maximum atomic E-state index is 12.8. The molecule has 0 N–H and O–H groups in total. The van der Waals surface area contributed by atoms with Crippen molar-refractivity contribution in [1.82, 2.24) is 0 Å². The van der Waals surface area contributed by atoms with Crippen LogP contribution in [0.3, 0.4) is 0 Å². The van der Waals surface area contributed by atoms with Crippen molar-refractivity contribution < 1.29 is 22.0 Å². The summed E-state index contributed by atoms with van der Waals surface area (Å²) in [6.07, 6.45) is -3.57. The fourth-order valence-corrected chi connectivity index (χ4v) is 1.52. The summed E-state index contributed by atoms with van der Waals surface area (Å²) in [5.74, 6) is -3.87. The number of alkyl halides is 4. The van der Waals surface area contributed by atoms with Crippen molar-refractivity contribution in [3.63, 3.8) is 0 Å². The molecule has 0 saturated heterocycles. The Morgan fingerprint density at radius 3 is 1.57 bits per heavy atom. The van der Waals surface area contributed by atoms with Crippen LogP contribution in [0.5, 0.6) is 0 Å². The van der Waals surface area contributed by atoms with Crippen LogP contribution in [0, 0.1) is 0 Å². The zero-order chi connectivity index (χ0) is 11.4. The van der Waals surface area contributed by atoms with E-state index < -0.39 is 18.9 Å². The average Bonchev–Trinajstić information content (AvgIpc) is 2.14. The van der Waals surface area contributed by atoms with E-state index in [1.54, 1.807) is 20.8 Å². The highest BCUT2D eigenvalue weighted by molar-refractivity contribution is 4.68. The molecule has 0 aliphatic rings. The highest BCUT2D eigenvalue weighted by atomic mass is 19.3. The van der Waals surface area contributed by atoms with E-state index in [9.17, 15) is 17.6 Å². The van der Waals surface area contributed by atoms with Crippen LogP contribution in [0.2, 0.25) is 0 Å². The van der Waals surface area contributed by atoms with Gasteiger partial charge in [0.1, 0.15) is 6.54 Å². The van der Waals surface area contributed by atoms with E-state index in [-0.39, 0.29) is 4.48 Å². The first-order valence-electron chi connectivity index (χ1n) is 4.84. The van der Waals surface area contributed by atoms with Gasteiger partial charge in [-0.25, -0.2) is 8.78 Å². The summed E-state index contributed by atoms with van der Waals surface area (Å²) in [5.41, 5.74) is 0. The fraction of sp³-hybridized carbons (Fsp3) is 1.00. The summed E-state index contributed by atoms with van der Waals surface area (Å²) in [5, 5.41) is 0. The molecule has 0 aromatic rings. The minimum atomic E-state index is -3.87. The van der Waals surface area contributed by atoms with Gasteiger partial charge in [-0.3, -0.25) is 0 Å². The molecule has 0 bridgehead atoms. The van der Waals surface area contributed by atoms with E-state index in [0.717, 1.165) is 0 Å². The molecule has 0 spiro atoms. The molecule has 0 saturated carbocycles. The largest absolute Gasteiger partial charge is 0.354 e. The van der Waals surface area contributed by atoms with Crippen LogP contribution in [0.4, 0.5) is 17.6 Å². The van der Waals surface area contributed by atoms with Crippen molar-refractivity contribution in [1.29, 1.82) is 0 Å². The number of quaternary nitrogens is 1. The Morgan fingerprint density at radius 1 is 1.00 bits per heavy atom. The molecule has 0 aliphatic carbocycles. The molecule has 5 heteroatoms. The summed E-state index contributed by atoms with van der Waals surface area (Å²) >= 11 is 0. The molecule has 14 heavy (non-hydrogen) atoms. The van der Waals surface area contributed by atoms with Crippen molar-refractivity contribution in [2.24, 2.45) is 0 Å². The lowest BCUT2D eigenvalue weighted by Gasteiger charge is -2.38. The van der Waals surface area contributed by atoms with E-state index in [1.165, 1.54) is 0 Å². The lowest BCUT2D eigenvalue weighted by atomic mass is 10.2. The predicted octanol–water partition coefficient (Wildman–Crippen LogP) is 2.76. The number of rotatable bonds is 6. The second-order valence-electron chi connectivity index (χ2n) is 3.51. The summed E-state index contributed by atoms with van der Waals surface area (Å²) in [7, 11) is 0. The van der Waals surface area contributed by atoms with Crippen molar-refractivity contribution in [2.45, 2.75) is 33.1 Å². The van der Waals surface area contributed by atoms with E-state index in [2.05, 4.69) is 0 Å². The van der Waals surface area contributed by atoms with Crippen LogP contribution in [0.25, 0.3) is 0 Å². The summed E-state index contributed by atoms with van der Waals surface area (Å²) in [6, 6.07) is 0. The van der Waals surface area contributed by atoms with Gasteiger partial charge in [-0.05, 0) is 20.8 Å². The second-order valence-corrected chi connectivity index (χ2v) is 3.51. The van der Waals surface area contributed by atoms with Crippen molar-refractivity contribution >= 4 is 0 Å². The summed E-state index contributed by atoms with van der Waals surface area (Å²) < 4.78 is 49.7. The highest BCUT2D eigenvalue weighted by Gasteiger charge is 2.47. The highest BCUT2D eigenvalue weighted by Crippen LogP contribution is 2.27. The molecule has 0 rings (SSSR count). The van der Waals surface area contributed by atoms with Crippen LogP contribution in [-0.2, 0) is 0 Å². The van der Waals surface area contributed by atoms with Crippen LogP contribution in [0.15, 0.2) is 0 Å². The molecule has 0 aromatic heterocycles. The number of nitrogens with zero attached hydrogens (tertiary/aromatic N) is 1. The van der Waals surface area contributed by atoms with E-state index in [0.29, 0.717) is 19.6 Å². The molecule has 0 aliphatic heterocycles. The third kappa shape index (κ3) is 3.12. The van der Waals surface area contributed by atoms with Crippen LogP contribution in [0.1, 0.15) is 20.8 Å². The molecular weight excluding hydrogens is 198 g/mol. The van der Waals surface area contributed by atoms with Crippen LogP contribution < -0.4 is 0 Å². The molecule has 0 aromatic carbocycles. The third-order valence-electron chi connectivity index (χ3n) is 2.88. The SMILES string of the molecule is CC[N+](CC)(CC)CC(F)(F)C(F)F. The van der Waals surface area contributed by atoms with Gasteiger partial charge in [-0.1, -0.05) is 0 Å². The Hall–Kier alpha value is -0.320. The zero-order valence-corrected chi connectivity index (χ0v) is 8.86. The van der Waals surface area contributed by atoms with Crippen LogP contribution >= 0.6 is 0 Å². The monoisotopic (exact) mass is 216 g/mol. The topological polar surface area (TPSA) is 0 Å². The van der Waals surface area contributed by atoms with Crippen molar-refractivity contribution in [3.8, 4) is 0 Å². The number of hydrogen-bond acceptors (Lipinski definition) is 0. The molecule has 0 amide bonds. The van der Waals surface area contributed by atoms with Crippen molar-refractivity contribution in [2.75, 3.05) is 26.2 Å². The number of halogens is 4. The van der Waals surface area contributed by atoms with Gasteiger partial charge in [0, 0.05) is 0 Å². The van der Waals surface area contributed by atoms with E-state index in [4.69, 9.17) is 0 Å². The Bertz CT molecular complexity index is 158. The predicted molar refractivity (Wildman–Crippen MR) is 47.7 cm³/mol. The van der Waals surface area contributed by atoms with E-state index in [1.807, 2.05) is 0 Å². The standard InChI is InChI=1S/C9H18F4N/c1-4-14(5-2,6-3)7-9(12,13)8(10)11/h8H,4-7H2,1-3H3/q+1. The Balaban J connectivity index is 4.58. The fourth-order valence-electron chi connectivity index (χ4n) is 1.52. The third-order valence-corrected chi connectivity index (χ3v) is 2.88. The molecular formula is C9H18F4N+. The quantitative estimate of drug-likeness (QED) is 0.473. The second kappa shape index (κ2) is 4.96. The first-order chi connectivity index (χ1) is 6.33. The van der Waals surface area contributed by atoms with Gasteiger partial charge >= 0.3 is 12.3 Å². The number of hydrogen-bond donors (Lipinski definition) is 0. The molecule has 86 valence electrons. The average molecular weight is 216 g/mol. The summed E-state index contributed by atoms with van der Waals surface area (Å²) in [4.78, 5) is 0. The molecule has 0 fully saturated rings. The van der Waals surface area contributed by atoms with Gasteiger partial charge in [0.25, 0.3) is 0 Å². The van der Waals surface area contributed by atoms with E-state index >= 15 is 0 Å². The smallest absolute Gasteiger partial charge is 0.319 e. The lowest BCUT2D eigenvalue weighted by molar-refractivity contribution is -0.930. The Labute approximate surface area is 82.3 Å². The Morgan fingerprint density at radius 2 is 1.36 bits per heavy atom. The zero-order valence-electron chi connectivity index (χ0n) is 8.86. The van der Waals surface area contributed by atoms with Gasteiger partial charge in [0.2, 0.25) is 0 Å². The molecule has 0 atom stereocenters. The molecule has 1 nitrogen and oxygen atoms in total. The molecule has 0 radical (unpaired) electrons. The van der Waals surface area contributed by atoms with Gasteiger partial charge in [0.05, 0.1) is 19.6 Å². The minimum absolute atomic E-state index is 0.0390. The molecule has 0 heterocycles. The first-order valence-corrected chi connectivity index (χ1v) is 4.84. The van der Waals surface area contributed by atoms with Gasteiger partial charge < -0.3 is 4.48 Å². The van der Waals surface area contributed by atoms with Gasteiger partial charge in [0.15, 0.2) is 0 Å². The first kappa shape index (κ1) is 13.7. The maximum absolute atomic E-state index is 12.8. The lowest BCUT2D eigenvalue weighted by Crippen LogP contribution is -2.55.